The van der Waals surface area contributed by atoms with Gasteiger partial charge < -0.3 is 0 Å². The standard InChI is InChI=1S/C15H15Cl/c1-15(2,16)14-10-8-13(9-11-14)12-6-4-3-5-7-12/h3-11H,1-2H3. The molecule has 16 heavy (non-hydrogen) atoms. The van der Waals surface area contributed by atoms with E-state index in [0.29, 0.717) is 0 Å². The maximum atomic E-state index is 6.26. The smallest absolute Gasteiger partial charge is 0.0638 e. The summed E-state index contributed by atoms with van der Waals surface area (Å²) in [5, 5.41) is 0. The summed E-state index contributed by atoms with van der Waals surface area (Å²) in [6.45, 7) is 4.01. The zero-order valence-corrected chi connectivity index (χ0v) is 10.3. The molecule has 0 atom stereocenters. The molecule has 0 nitrogen and oxygen atoms in total. The molecule has 0 aliphatic rings. The van der Waals surface area contributed by atoms with E-state index in [0.717, 1.165) is 5.56 Å². The van der Waals surface area contributed by atoms with Crippen LogP contribution in [0, 0.1) is 0 Å². The molecule has 0 unspecified atom stereocenters. The molecular weight excluding hydrogens is 216 g/mol. The molecule has 2 aromatic rings. The zero-order chi connectivity index (χ0) is 11.6. The van der Waals surface area contributed by atoms with Crippen molar-refractivity contribution >= 4 is 11.6 Å². The summed E-state index contributed by atoms with van der Waals surface area (Å²) >= 11 is 6.26. The van der Waals surface area contributed by atoms with Crippen LogP contribution < -0.4 is 0 Å². The molecule has 1 heteroatoms. The Kier molecular flexibility index (Phi) is 3.02. The fourth-order valence-electron chi connectivity index (χ4n) is 1.69. The number of benzene rings is 2. The van der Waals surface area contributed by atoms with Crippen LogP contribution >= 0.6 is 11.6 Å². The Balaban J connectivity index is 2.34. The van der Waals surface area contributed by atoms with Gasteiger partial charge in [-0.05, 0) is 30.5 Å². The van der Waals surface area contributed by atoms with Gasteiger partial charge in [0.2, 0.25) is 0 Å². The topological polar surface area (TPSA) is 0 Å². The highest BCUT2D eigenvalue weighted by Crippen LogP contribution is 2.29. The van der Waals surface area contributed by atoms with Crippen LogP contribution in [-0.4, -0.2) is 0 Å². The molecule has 0 N–H and O–H groups in total. The van der Waals surface area contributed by atoms with Crippen LogP contribution in [0.15, 0.2) is 54.6 Å². The first-order valence-corrected chi connectivity index (χ1v) is 5.80. The first kappa shape index (κ1) is 11.2. The van der Waals surface area contributed by atoms with E-state index in [1.165, 1.54) is 11.1 Å². The van der Waals surface area contributed by atoms with Crippen LogP contribution in [0.25, 0.3) is 11.1 Å². The van der Waals surface area contributed by atoms with E-state index in [2.05, 4.69) is 48.5 Å². The molecule has 0 amide bonds. The lowest BCUT2D eigenvalue weighted by molar-refractivity contribution is 0.766. The minimum atomic E-state index is -0.296. The molecule has 2 rings (SSSR count). The van der Waals surface area contributed by atoms with E-state index in [9.17, 15) is 0 Å². The molecular formula is C15H15Cl. The quantitative estimate of drug-likeness (QED) is 0.649. The third-order valence-electron chi connectivity index (χ3n) is 2.68. The van der Waals surface area contributed by atoms with Crippen LogP contribution in [-0.2, 0) is 4.87 Å². The molecule has 82 valence electrons. The molecule has 0 aliphatic heterocycles. The van der Waals surface area contributed by atoms with Gasteiger partial charge in [-0.1, -0.05) is 54.6 Å². The van der Waals surface area contributed by atoms with Crippen LogP contribution in [0.3, 0.4) is 0 Å². The second-order valence-electron chi connectivity index (χ2n) is 4.42. The van der Waals surface area contributed by atoms with Crippen LogP contribution in [0.2, 0.25) is 0 Å². The molecule has 2 aromatic carbocycles. The molecule has 0 aliphatic carbocycles. The SMILES string of the molecule is CC(C)(Cl)c1ccc(-c2ccccc2)cc1. The van der Waals surface area contributed by atoms with Crippen LogP contribution in [0.5, 0.6) is 0 Å². The van der Waals surface area contributed by atoms with Gasteiger partial charge in [-0.3, -0.25) is 0 Å². The van der Waals surface area contributed by atoms with E-state index < -0.39 is 0 Å². The largest absolute Gasteiger partial charge is 0.115 e. The van der Waals surface area contributed by atoms with Crippen molar-refractivity contribution in [1.82, 2.24) is 0 Å². The minimum Gasteiger partial charge on any atom is -0.115 e. The van der Waals surface area contributed by atoms with Gasteiger partial charge in [-0.2, -0.15) is 0 Å². The summed E-state index contributed by atoms with van der Waals surface area (Å²) in [5.74, 6) is 0. The van der Waals surface area contributed by atoms with Crippen molar-refractivity contribution < 1.29 is 0 Å². The predicted octanol–water partition coefficient (Wildman–Crippen LogP) is 4.83. The highest BCUT2D eigenvalue weighted by Gasteiger charge is 2.15. The predicted molar refractivity (Wildman–Crippen MR) is 70.8 cm³/mol. The van der Waals surface area contributed by atoms with E-state index in [1.54, 1.807) is 0 Å². The molecule has 0 spiro atoms. The first-order chi connectivity index (χ1) is 7.57. The first-order valence-electron chi connectivity index (χ1n) is 5.42. The van der Waals surface area contributed by atoms with Gasteiger partial charge in [-0.25, -0.2) is 0 Å². The van der Waals surface area contributed by atoms with Crippen molar-refractivity contribution in [1.29, 1.82) is 0 Å². The second-order valence-corrected chi connectivity index (χ2v) is 5.36. The van der Waals surface area contributed by atoms with Gasteiger partial charge >= 0.3 is 0 Å². The van der Waals surface area contributed by atoms with E-state index in [1.807, 2.05) is 19.9 Å². The van der Waals surface area contributed by atoms with Crippen molar-refractivity contribution in [2.75, 3.05) is 0 Å². The molecule has 0 saturated heterocycles. The fourth-order valence-corrected chi connectivity index (χ4v) is 1.82. The maximum Gasteiger partial charge on any atom is 0.0638 e. The van der Waals surface area contributed by atoms with E-state index in [-0.39, 0.29) is 4.87 Å². The molecule has 0 bridgehead atoms. The Hall–Kier alpha value is -1.27. The molecule has 0 heterocycles. The Morgan fingerprint density at radius 3 is 1.75 bits per heavy atom. The van der Waals surface area contributed by atoms with Gasteiger partial charge in [0.05, 0.1) is 4.87 Å². The highest BCUT2D eigenvalue weighted by molar-refractivity contribution is 6.23. The summed E-state index contributed by atoms with van der Waals surface area (Å²) in [6, 6.07) is 18.8. The minimum absolute atomic E-state index is 0.296. The Morgan fingerprint density at radius 2 is 1.25 bits per heavy atom. The normalized spacial score (nSPS) is 11.4. The number of rotatable bonds is 2. The van der Waals surface area contributed by atoms with E-state index >= 15 is 0 Å². The van der Waals surface area contributed by atoms with Crippen molar-refractivity contribution in [2.24, 2.45) is 0 Å². The van der Waals surface area contributed by atoms with Crippen molar-refractivity contribution in [3.05, 3.63) is 60.2 Å². The summed E-state index contributed by atoms with van der Waals surface area (Å²) < 4.78 is 0. The summed E-state index contributed by atoms with van der Waals surface area (Å²) in [5.41, 5.74) is 3.61. The Morgan fingerprint density at radius 1 is 0.750 bits per heavy atom. The Labute approximate surface area is 102 Å². The number of halogens is 1. The molecule has 0 saturated carbocycles. The Bertz CT molecular complexity index is 449. The fraction of sp³-hybridized carbons (Fsp3) is 0.200. The summed E-state index contributed by atoms with van der Waals surface area (Å²) in [6.07, 6.45) is 0. The zero-order valence-electron chi connectivity index (χ0n) is 9.57. The molecule has 0 radical (unpaired) electrons. The molecule has 0 fully saturated rings. The van der Waals surface area contributed by atoms with Crippen LogP contribution in [0.1, 0.15) is 19.4 Å². The van der Waals surface area contributed by atoms with Crippen molar-refractivity contribution in [3.63, 3.8) is 0 Å². The average Bonchev–Trinajstić information content (AvgIpc) is 2.29. The highest BCUT2D eigenvalue weighted by atomic mass is 35.5. The third-order valence-corrected chi connectivity index (χ3v) is 2.90. The monoisotopic (exact) mass is 230 g/mol. The van der Waals surface area contributed by atoms with Gasteiger partial charge in [0.25, 0.3) is 0 Å². The maximum absolute atomic E-state index is 6.26. The van der Waals surface area contributed by atoms with Gasteiger partial charge in [0.15, 0.2) is 0 Å². The molecule has 0 aromatic heterocycles. The lowest BCUT2D eigenvalue weighted by Gasteiger charge is -2.16. The number of hydrogen-bond donors (Lipinski definition) is 0. The van der Waals surface area contributed by atoms with Gasteiger partial charge in [-0.15, -0.1) is 11.6 Å². The summed E-state index contributed by atoms with van der Waals surface area (Å²) in [4.78, 5) is -0.296. The number of hydrogen-bond acceptors (Lipinski definition) is 0. The average molecular weight is 231 g/mol. The van der Waals surface area contributed by atoms with Crippen LogP contribution in [0.4, 0.5) is 0 Å². The van der Waals surface area contributed by atoms with E-state index in [4.69, 9.17) is 11.6 Å². The summed E-state index contributed by atoms with van der Waals surface area (Å²) in [7, 11) is 0. The second kappa shape index (κ2) is 4.31. The van der Waals surface area contributed by atoms with Gasteiger partial charge in [0, 0.05) is 0 Å². The number of alkyl halides is 1. The lowest BCUT2D eigenvalue weighted by Crippen LogP contribution is -2.06. The van der Waals surface area contributed by atoms with Crippen molar-refractivity contribution in [3.8, 4) is 11.1 Å². The van der Waals surface area contributed by atoms with Crippen molar-refractivity contribution in [2.45, 2.75) is 18.7 Å². The van der Waals surface area contributed by atoms with Gasteiger partial charge in [0.1, 0.15) is 0 Å². The third kappa shape index (κ3) is 2.45. The lowest BCUT2D eigenvalue weighted by atomic mass is 9.98.